The van der Waals surface area contributed by atoms with Crippen molar-refractivity contribution in [1.82, 2.24) is 20.2 Å². The number of aromatic nitrogens is 2. The van der Waals surface area contributed by atoms with Crippen molar-refractivity contribution in [2.24, 2.45) is 4.99 Å². The van der Waals surface area contributed by atoms with Gasteiger partial charge in [0.05, 0.1) is 19.4 Å². The molecule has 6 nitrogen and oxygen atoms in total. The molecule has 0 aliphatic rings. The lowest BCUT2D eigenvalue weighted by Crippen LogP contribution is -2.41. The molecule has 0 saturated carbocycles. The van der Waals surface area contributed by atoms with Crippen LogP contribution in [0.3, 0.4) is 0 Å². The molecule has 1 atom stereocenters. The van der Waals surface area contributed by atoms with Crippen LogP contribution in [0, 0.1) is 5.82 Å². The first-order valence-corrected chi connectivity index (χ1v) is 10.1. The molecule has 166 valence electrons. The van der Waals surface area contributed by atoms with Gasteiger partial charge in [-0.05, 0) is 49.2 Å². The molecular formula is C23H29FIN5O. The fourth-order valence-electron chi connectivity index (χ4n) is 2.96. The van der Waals surface area contributed by atoms with Gasteiger partial charge in [0.15, 0.2) is 5.96 Å². The van der Waals surface area contributed by atoms with E-state index in [1.54, 1.807) is 18.3 Å². The molecule has 0 aliphatic carbocycles. The second-order valence-electron chi connectivity index (χ2n) is 7.01. The van der Waals surface area contributed by atoms with Gasteiger partial charge in [0.1, 0.15) is 17.7 Å². The van der Waals surface area contributed by atoms with E-state index in [-0.39, 0.29) is 35.9 Å². The van der Waals surface area contributed by atoms with E-state index in [1.165, 1.54) is 17.7 Å². The van der Waals surface area contributed by atoms with E-state index in [0.717, 1.165) is 24.6 Å². The summed E-state index contributed by atoms with van der Waals surface area (Å²) in [4.78, 5) is 8.77. The zero-order valence-corrected chi connectivity index (χ0v) is 20.1. The fraction of sp³-hybridized carbons (Fsp3) is 0.304. The molecule has 0 saturated heterocycles. The second kappa shape index (κ2) is 12.9. The summed E-state index contributed by atoms with van der Waals surface area (Å²) in [6.07, 6.45) is 5.45. The Morgan fingerprint density at radius 1 is 1.16 bits per heavy atom. The van der Waals surface area contributed by atoms with E-state index < -0.39 is 0 Å². The number of hydrogen-bond acceptors (Lipinski definition) is 3. The fourth-order valence-corrected chi connectivity index (χ4v) is 2.96. The van der Waals surface area contributed by atoms with Gasteiger partial charge in [-0.15, -0.1) is 24.0 Å². The van der Waals surface area contributed by atoms with Gasteiger partial charge in [-0.25, -0.2) is 14.4 Å². The number of aliphatic imine (C=N–C) groups is 1. The van der Waals surface area contributed by atoms with Crippen molar-refractivity contribution >= 4 is 29.9 Å². The van der Waals surface area contributed by atoms with Crippen LogP contribution in [-0.2, 0) is 13.1 Å². The molecule has 31 heavy (non-hydrogen) atoms. The SMILES string of the molecule is CCNC(=NCc1cccc(Cn2ccnc2)c1)NCC(C)Oc1ccc(F)cc1.I. The molecule has 0 fully saturated rings. The van der Waals surface area contributed by atoms with Crippen LogP contribution in [0.1, 0.15) is 25.0 Å². The molecule has 1 unspecified atom stereocenters. The second-order valence-corrected chi connectivity index (χ2v) is 7.01. The number of imidazole rings is 1. The molecule has 0 aliphatic heterocycles. The highest BCUT2D eigenvalue weighted by atomic mass is 127. The summed E-state index contributed by atoms with van der Waals surface area (Å²) in [5, 5.41) is 6.55. The Morgan fingerprint density at radius 2 is 1.94 bits per heavy atom. The Morgan fingerprint density at radius 3 is 2.65 bits per heavy atom. The lowest BCUT2D eigenvalue weighted by atomic mass is 10.1. The van der Waals surface area contributed by atoms with Crippen molar-refractivity contribution < 1.29 is 9.13 Å². The van der Waals surface area contributed by atoms with Crippen LogP contribution in [0.4, 0.5) is 4.39 Å². The smallest absolute Gasteiger partial charge is 0.191 e. The normalized spacial score (nSPS) is 12.0. The Balaban J connectivity index is 0.00000341. The molecule has 0 radical (unpaired) electrons. The average Bonchev–Trinajstić information content (AvgIpc) is 3.25. The number of nitrogens with one attached hydrogen (secondary N) is 2. The highest BCUT2D eigenvalue weighted by molar-refractivity contribution is 14.0. The minimum absolute atomic E-state index is 0. The molecule has 3 aromatic rings. The van der Waals surface area contributed by atoms with Crippen LogP contribution in [0.2, 0.25) is 0 Å². The minimum atomic E-state index is -0.274. The van der Waals surface area contributed by atoms with Crippen LogP contribution < -0.4 is 15.4 Å². The van der Waals surface area contributed by atoms with E-state index in [9.17, 15) is 4.39 Å². The maximum atomic E-state index is 13.0. The zero-order valence-electron chi connectivity index (χ0n) is 17.8. The van der Waals surface area contributed by atoms with Crippen molar-refractivity contribution in [3.8, 4) is 5.75 Å². The molecule has 1 aromatic heterocycles. The highest BCUT2D eigenvalue weighted by Gasteiger charge is 2.06. The van der Waals surface area contributed by atoms with Gasteiger partial charge in [0, 0.05) is 25.5 Å². The molecule has 0 amide bonds. The predicted octanol–water partition coefficient (Wildman–Crippen LogP) is 4.21. The van der Waals surface area contributed by atoms with Gasteiger partial charge >= 0.3 is 0 Å². The summed E-state index contributed by atoms with van der Waals surface area (Å²) in [5.74, 6) is 1.10. The lowest BCUT2D eigenvalue weighted by molar-refractivity contribution is 0.223. The molecule has 2 N–H and O–H groups in total. The first kappa shape index (κ1) is 24.6. The van der Waals surface area contributed by atoms with Crippen molar-refractivity contribution in [3.05, 3.63) is 84.2 Å². The third-order valence-electron chi connectivity index (χ3n) is 4.39. The van der Waals surface area contributed by atoms with Crippen molar-refractivity contribution in [3.63, 3.8) is 0 Å². The standard InChI is InChI=1S/C23H28FN5O.HI/c1-3-26-23(27-14-18(2)30-22-9-7-21(24)8-10-22)28-15-19-5-4-6-20(13-19)16-29-12-11-25-17-29;/h4-13,17-18H,3,14-16H2,1-2H3,(H2,26,27,28);1H. The number of nitrogens with zero attached hydrogens (tertiary/aromatic N) is 3. The Hall–Kier alpha value is -2.62. The quantitative estimate of drug-likeness (QED) is 0.244. The van der Waals surface area contributed by atoms with Crippen LogP contribution in [0.15, 0.2) is 72.2 Å². The van der Waals surface area contributed by atoms with Crippen molar-refractivity contribution in [1.29, 1.82) is 0 Å². The number of hydrogen-bond donors (Lipinski definition) is 2. The van der Waals surface area contributed by atoms with Gasteiger partial charge in [-0.1, -0.05) is 24.3 Å². The Bertz CT molecular complexity index is 931. The van der Waals surface area contributed by atoms with Gasteiger partial charge < -0.3 is 19.9 Å². The molecular weight excluding hydrogens is 508 g/mol. The molecule has 1 heterocycles. The summed E-state index contributed by atoms with van der Waals surface area (Å²) in [7, 11) is 0. The number of rotatable bonds is 9. The molecule has 8 heteroatoms. The van der Waals surface area contributed by atoms with Crippen LogP contribution in [0.5, 0.6) is 5.75 Å². The zero-order chi connectivity index (χ0) is 21.2. The summed E-state index contributed by atoms with van der Waals surface area (Å²) in [6, 6.07) is 14.4. The minimum Gasteiger partial charge on any atom is -0.489 e. The predicted molar refractivity (Wildman–Crippen MR) is 132 cm³/mol. The average molecular weight is 537 g/mol. The summed E-state index contributed by atoms with van der Waals surface area (Å²) in [5.41, 5.74) is 2.35. The van der Waals surface area contributed by atoms with E-state index in [0.29, 0.717) is 18.8 Å². The maximum absolute atomic E-state index is 13.0. The van der Waals surface area contributed by atoms with Crippen LogP contribution in [-0.4, -0.2) is 34.7 Å². The number of benzene rings is 2. The number of guanidine groups is 1. The topological polar surface area (TPSA) is 63.5 Å². The highest BCUT2D eigenvalue weighted by Crippen LogP contribution is 2.13. The first-order valence-electron chi connectivity index (χ1n) is 10.1. The van der Waals surface area contributed by atoms with Gasteiger partial charge in [-0.3, -0.25) is 0 Å². The monoisotopic (exact) mass is 537 g/mol. The number of halogens is 2. The van der Waals surface area contributed by atoms with E-state index in [1.807, 2.05) is 30.9 Å². The van der Waals surface area contributed by atoms with Gasteiger partial charge in [-0.2, -0.15) is 0 Å². The molecule has 0 spiro atoms. The van der Waals surface area contributed by atoms with Crippen molar-refractivity contribution in [2.75, 3.05) is 13.1 Å². The summed E-state index contributed by atoms with van der Waals surface area (Å²) < 4.78 is 20.9. The van der Waals surface area contributed by atoms with Crippen molar-refractivity contribution in [2.45, 2.75) is 33.0 Å². The number of ether oxygens (including phenoxy) is 1. The summed E-state index contributed by atoms with van der Waals surface area (Å²) >= 11 is 0. The largest absolute Gasteiger partial charge is 0.489 e. The van der Waals surface area contributed by atoms with Crippen LogP contribution >= 0.6 is 24.0 Å². The Labute approximate surface area is 200 Å². The Kier molecular flexibility index (Phi) is 10.3. The third-order valence-corrected chi connectivity index (χ3v) is 4.39. The molecule has 3 rings (SSSR count). The third kappa shape index (κ3) is 8.56. The lowest BCUT2D eigenvalue weighted by Gasteiger charge is -2.17. The van der Waals surface area contributed by atoms with Gasteiger partial charge in [0.25, 0.3) is 0 Å². The molecule has 0 bridgehead atoms. The summed E-state index contributed by atoms with van der Waals surface area (Å²) in [6.45, 7) is 6.68. The van der Waals surface area contributed by atoms with Crippen LogP contribution in [0.25, 0.3) is 0 Å². The van der Waals surface area contributed by atoms with E-state index >= 15 is 0 Å². The van der Waals surface area contributed by atoms with E-state index in [2.05, 4.69) is 44.9 Å². The molecule has 2 aromatic carbocycles. The van der Waals surface area contributed by atoms with E-state index in [4.69, 9.17) is 4.74 Å². The first-order chi connectivity index (χ1) is 14.6. The maximum Gasteiger partial charge on any atom is 0.191 e. The van der Waals surface area contributed by atoms with Gasteiger partial charge in [0.2, 0.25) is 0 Å².